The van der Waals surface area contributed by atoms with Gasteiger partial charge in [0.2, 0.25) is 0 Å². The standard InChI is InChI=1S/C15H18ClNOS/c1-2-14(11-3-5-13(16)6-4-11)17-9-15(18)12-7-8-19-10-12/h3-8,10,14-15,17-18H,2,9H2,1H3. The van der Waals surface area contributed by atoms with Gasteiger partial charge in [-0.1, -0.05) is 30.7 Å². The summed E-state index contributed by atoms with van der Waals surface area (Å²) in [5.41, 5.74) is 2.17. The smallest absolute Gasteiger partial charge is 0.0922 e. The molecule has 2 nitrogen and oxygen atoms in total. The van der Waals surface area contributed by atoms with Crippen LogP contribution < -0.4 is 5.32 Å². The number of aliphatic hydroxyl groups is 1. The summed E-state index contributed by atoms with van der Waals surface area (Å²) in [7, 11) is 0. The Bertz CT molecular complexity index is 483. The van der Waals surface area contributed by atoms with Gasteiger partial charge in [0.25, 0.3) is 0 Å². The van der Waals surface area contributed by atoms with Crippen molar-refractivity contribution < 1.29 is 5.11 Å². The molecular weight excluding hydrogens is 278 g/mol. The number of thiophene rings is 1. The van der Waals surface area contributed by atoms with Crippen molar-refractivity contribution in [3.8, 4) is 0 Å². The molecule has 2 unspecified atom stereocenters. The summed E-state index contributed by atoms with van der Waals surface area (Å²) in [5, 5.41) is 18.2. The van der Waals surface area contributed by atoms with Crippen LogP contribution in [0.5, 0.6) is 0 Å². The van der Waals surface area contributed by atoms with Crippen LogP contribution in [0.15, 0.2) is 41.1 Å². The molecule has 0 fully saturated rings. The Morgan fingerprint density at radius 1 is 1.21 bits per heavy atom. The topological polar surface area (TPSA) is 32.3 Å². The minimum absolute atomic E-state index is 0.241. The Hall–Kier alpha value is -0.870. The lowest BCUT2D eigenvalue weighted by Gasteiger charge is -2.19. The van der Waals surface area contributed by atoms with Gasteiger partial charge in [-0.3, -0.25) is 0 Å². The molecule has 0 saturated heterocycles. The Balaban J connectivity index is 1.94. The molecule has 0 spiro atoms. The van der Waals surface area contributed by atoms with Crippen LogP contribution in [0.3, 0.4) is 0 Å². The zero-order valence-corrected chi connectivity index (χ0v) is 12.4. The first-order valence-electron chi connectivity index (χ1n) is 6.39. The van der Waals surface area contributed by atoms with E-state index in [2.05, 4.69) is 12.2 Å². The molecule has 2 atom stereocenters. The van der Waals surface area contributed by atoms with Crippen molar-refractivity contribution in [1.82, 2.24) is 5.32 Å². The van der Waals surface area contributed by atoms with Gasteiger partial charge in [0.15, 0.2) is 0 Å². The highest BCUT2D eigenvalue weighted by Crippen LogP contribution is 2.21. The van der Waals surface area contributed by atoms with Gasteiger partial charge in [-0.2, -0.15) is 11.3 Å². The molecule has 1 aromatic carbocycles. The van der Waals surface area contributed by atoms with Crippen LogP contribution in [0.4, 0.5) is 0 Å². The van der Waals surface area contributed by atoms with Crippen molar-refractivity contribution in [2.75, 3.05) is 6.54 Å². The lowest BCUT2D eigenvalue weighted by atomic mass is 10.0. The summed E-state index contributed by atoms with van der Waals surface area (Å²) in [4.78, 5) is 0. The van der Waals surface area contributed by atoms with E-state index in [4.69, 9.17) is 11.6 Å². The zero-order valence-electron chi connectivity index (χ0n) is 10.8. The number of benzene rings is 1. The van der Waals surface area contributed by atoms with Crippen molar-refractivity contribution in [2.45, 2.75) is 25.5 Å². The van der Waals surface area contributed by atoms with Gasteiger partial charge >= 0.3 is 0 Å². The number of hydrogen-bond donors (Lipinski definition) is 2. The second-order valence-corrected chi connectivity index (χ2v) is 5.71. The third-order valence-corrected chi connectivity index (χ3v) is 4.12. The molecule has 19 heavy (non-hydrogen) atoms. The predicted molar refractivity (Wildman–Crippen MR) is 81.8 cm³/mol. The highest BCUT2D eigenvalue weighted by Gasteiger charge is 2.12. The summed E-state index contributed by atoms with van der Waals surface area (Å²) >= 11 is 7.50. The molecule has 2 N–H and O–H groups in total. The molecule has 1 aromatic heterocycles. The fourth-order valence-corrected chi connectivity index (χ4v) is 2.86. The molecule has 0 aliphatic carbocycles. The summed E-state index contributed by atoms with van der Waals surface area (Å²) in [6, 6.07) is 10.1. The van der Waals surface area contributed by atoms with Gasteiger partial charge in [-0.05, 0) is 46.5 Å². The van der Waals surface area contributed by atoms with E-state index in [0.717, 1.165) is 17.0 Å². The maximum atomic E-state index is 10.1. The lowest BCUT2D eigenvalue weighted by molar-refractivity contribution is 0.170. The van der Waals surface area contributed by atoms with Gasteiger partial charge in [0.1, 0.15) is 0 Å². The third kappa shape index (κ3) is 4.05. The summed E-state index contributed by atoms with van der Waals surface area (Å²) in [5.74, 6) is 0. The van der Waals surface area contributed by atoms with Crippen molar-refractivity contribution in [2.24, 2.45) is 0 Å². The minimum atomic E-state index is -0.451. The number of rotatable bonds is 6. The average molecular weight is 296 g/mol. The van der Waals surface area contributed by atoms with Gasteiger partial charge < -0.3 is 10.4 Å². The second kappa shape index (κ2) is 7.06. The van der Waals surface area contributed by atoms with Crippen molar-refractivity contribution in [1.29, 1.82) is 0 Å². The third-order valence-electron chi connectivity index (χ3n) is 3.17. The van der Waals surface area contributed by atoms with Crippen molar-refractivity contribution in [3.63, 3.8) is 0 Å². The van der Waals surface area contributed by atoms with Crippen LogP contribution >= 0.6 is 22.9 Å². The van der Waals surface area contributed by atoms with E-state index < -0.39 is 6.10 Å². The lowest BCUT2D eigenvalue weighted by Crippen LogP contribution is -2.26. The number of aliphatic hydroxyl groups excluding tert-OH is 1. The SMILES string of the molecule is CCC(NCC(O)c1ccsc1)c1ccc(Cl)cc1. The molecule has 102 valence electrons. The van der Waals surface area contributed by atoms with Crippen LogP contribution in [0.2, 0.25) is 5.02 Å². The highest BCUT2D eigenvalue weighted by molar-refractivity contribution is 7.07. The molecule has 2 aromatic rings. The van der Waals surface area contributed by atoms with Gasteiger partial charge in [-0.25, -0.2) is 0 Å². The Morgan fingerprint density at radius 3 is 2.53 bits per heavy atom. The molecule has 0 radical (unpaired) electrons. The van der Waals surface area contributed by atoms with E-state index >= 15 is 0 Å². The molecule has 0 aliphatic rings. The van der Waals surface area contributed by atoms with Crippen LogP contribution in [-0.2, 0) is 0 Å². The van der Waals surface area contributed by atoms with Crippen LogP contribution in [0, 0.1) is 0 Å². The Kier molecular flexibility index (Phi) is 5.40. The van der Waals surface area contributed by atoms with Crippen molar-refractivity contribution >= 4 is 22.9 Å². The molecule has 2 rings (SSSR count). The van der Waals surface area contributed by atoms with Gasteiger partial charge in [0.05, 0.1) is 6.10 Å². The highest BCUT2D eigenvalue weighted by atomic mass is 35.5. The molecule has 1 heterocycles. The van der Waals surface area contributed by atoms with Crippen LogP contribution in [0.25, 0.3) is 0 Å². The van der Waals surface area contributed by atoms with E-state index in [1.807, 2.05) is 41.1 Å². The number of nitrogens with one attached hydrogen (secondary N) is 1. The van der Waals surface area contributed by atoms with E-state index in [0.29, 0.717) is 6.54 Å². The monoisotopic (exact) mass is 295 g/mol. The number of hydrogen-bond acceptors (Lipinski definition) is 3. The normalized spacial score (nSPS) is 14.3. The summed E-state index contributed by atoms with van der Waals surface area (Å²) in [6.45, 7) is 2.68. The second-order valence-electron chi connectivity index (χ2n) is 4.49. The van der Waals surface area contributed by atoms with E-state index in [-0.39, 0.29) is 6.04 Å². The summed E-state index contributed by atoms with van der Waals surface area (Å²) < 4.78 is 0. The van der Waals surface area contributed by atoms with Crippen LogP contribution in [-0.4, -0.2) is 11.7 Å². The van der Waals surface area contributed by atoms with E-state index in [1.165, 1.54) is 5.56 Å². The molecule has 0 bridgehead atoms. The molecule has 0 saturated carbocycles. The Morgan fingerprint density at radius 2 is 1.95 bits per heavy atom. The maximum absolute atomic E-state index is 10.1. The van der Waals surface area contributed by atoms with E-state index in [9.17, 15) is 5.11 Å². The average Bonchev–Trinajstić information content (AvgIpc) is 2.95. The Labute approximate surface area is 123 Å². The molecule has 0 aliphatic heterocycles. The van der Waals surface area contributed by atoms with Gasteiger partial charge in [-0.15, -0.1) is 0 Å². The molecule has 4 heteroatoms. The van der Waals surface area contributed by atoms with Gasteiger partial charge in [0, 0.05) is 17.6 Å². The maximum Gasteiger partial charge on any atom is 0.0922 e. The quantitative estimate of drug-likeness (QED) is 0.838. The first-order valence-corrected chi connectivity index (χ1v) is 7.71. The van der Waals surface area contributed by atoms with Crippen molar-refractivity contribution in [3.05, 3.63) is 57.2 Å². The zero-order chi connectivity index (χ0) is 13.7. The predicted octanol–water partition coefficient (Wildman–Crippen LogP) is 4.18. The fraction of sp³-hybridized carbons (Fsp3) is 0.333. The van der Waals surface area contributed by atoms with E-state index in [1.54, 1.807) is 11.3 Å². The summed E-state index contributed by atoms with van der Waals surface area (Å²) in [6.07, 6.45) is 0.519. The molecular formula is C15H18ClNOS. The fourth-order valence-electron chi connectivity index (χ4n) is 2.03. The molecule has 0 amide bonds. The minimum Gasteiger partial charge on any atom is -0.387 e. The first-order chi connectivity index (χ1) is 9.20. The van der Waals surface area contributed by atoms with Crippen LogP contribution in [0.1, 0.15) is 36.6 Å². The largest absolute Gasteiger partial charge is 0.387 e. The first kappa shape index (κ1) is 14.5. The number of halogens is 1.